The zero-order valence-corrected chi connectivity index (χ0v) is 11.9. The first-order chi connectivity index (χ1) is 10.0. The van der Waals surface area contributed by atoms with Crippen molar-refractivity contribution in [2.24, 2.45) is 5.10 Å². The first-order valence-electron chi connectivity index (χ1n) is 6.39. The van der Waals surface area contributed by atoms with Gasteiger partial charge in [0.1, 0.15) is 23.4 Å². The SMILES string of the molecule is OC[C@H](O)[C@H](O)[C@@H](O)[C@]1(CO)NN=C(c2ccccc2)S1. The van der Waals surface area contributed by atoms with Gasteiger partial charge in [0, 0.05) is 5.56 Å². The van der Waals surface area contributed by atoms with Crippen molar-refractivity contribution < 1.29 is 25.5 Å². The van der Waals surface area contributed by atoms with E-state index < -0.39 is 36.4 Å². The molecule has 0 aliphatic carbocycles. The van der Waals surface area contributed by atoms with E-state index in [1.54, 1.807) is 0 Å². The van der Waals surface area contributed by atoms with Crippen molar-refractivity contribution in [3.8, 4) is 0 Å². The minimum atomic E-state index is -1.62. The summed E-state index contributed by atoms with van der Waals surface area (Å²) in [6.07, 6.45) is -4.65. The maximum Gasteiger partial charge on any atom is 0.157 e. The number of hydrogen-bond donors (Lipinski definition) is 6. The molecular formula is C13H18N2O5S. The van der Waals surface area contributed by atoms with Crippen LogP contribution in [-0.4, -0.2) is 67.0 Å². The van der Waals surface area contributed by atoms with Crippen LogP contribution in [0.5, 0.6) is 0 Å². The maximum atomic E-state index is 10.2. The number of aliphatic hydroxyl groups is 5. The largest absolute Gasteiger partial charge is 0.394 e. The third kappa shape index (κ3) is 3.20. The number of nitrogens with zero attached hydrogens (tertiary/aromatic N) is 1. The lowest BCUT2D eigenvalue weighted by molar-refractivity contribution is -0.0969. The average molecular weight is 314 g/mol. The lowest BCUT2D eigenvalue weighted by Gasteiger charge is -2.35. The van der Waals surface area contributed by atoms with Crippen LogP contribution in [0.1, 0.15) is 5.56 Å². The van der Waals surface area contributed by atoms with Crippen LogP contribution < -0.4 is 5.43 Å². The maximum absolute atomic E-state index is 10.2. The van der Waals surface area contributed by atoms with Gasteiger partial charge in [0.15, 0.2) is 4.87 Å². The monoisotopic (exact) mass is 314 g/mol. The fourth-order valence-electron chi connectivity index (χ4n) is 1.95. The van der Waals surface area contributed by atoms with Gasteiger partial charge < -0.3 is 25.5 Å². The zero-order valence-electron chi connectivity index (χ0n) is 11.1. The molecule has 116 valence electrons. The van der Waals surface area contributed by atoms with E-state index in [4.69, 9.17) is 5.11 Å². The molecule has 0 fully saturated rings. The van der Waals surface area contributed by atoms with E-state index in [0.717, 1.165) is 17.3 Å². The third-order valence-corrected chi connectivity index (χ3v) is 4.61. The predicted octanol–water partition coefficient (Wildman–Crippen LogP) is -1.55. The van der Waals surface area contributed by atoms with Crippen molar-refractivity contribution in [1.82, 2.24) is 5.43 Å². The minimum Gasteiger partial charge on any atom is -0.394 e. The molecular weight excluding hydrogens is 296 g/mol. The average Bonchev–Trinajstić information content (AvgIpc) is 2.99. The van der Waals surface area contributed by atoms with Gasteiger partial charge in [-0.15, -0.1) is 0 Å². The molecule has 0 spiro atoms. The number of benzene rings is 1. The van der Waals surface area contributed by atoms with E-state index in [9.17, 15) is 20.4 Å². The summed E-state index contributed by atoms with van der Waals surface area (Å²) in [7, 11) is 0. The first-order valence-corrected chi connectivity index (χ1v) is 7.21. The summed E-state index contributed by atoms with van der Waals surface area (Å²) >= 11 is 1.06. The molecule has 1 heterocycles. The molecule has 2 rings (SSSR count). The highest BCUT2D eigenvalue weighted by Gasteiger charge is 2.48. The summed E-state index contributed by atoms with van der Waals surface area (Å²) in [5.41, 5.74) is 3.43. The van der Waals surface area contributed by atoms with Crippen LogP contribution in [0.15, 0.2) is 35.4 Å². The second-order valence-corrected chi connectivity index (χ2v) is 6.05. The molecule has 1 aliphatic rings. The number of hydrogen-bond acceptors (Lipinski definition) is 8. The molecule has 0 bridgehead atoms. The summed E-state index contributed by atoms with van der Waals surface area (Å²) in [4.78, 5) is -1.37. The molecule has 21 heavy (non-hydrogen) atoms. The van der Waals surface area contributed by atoms with Crippen molar-refractivity contribution in [2.75, 3.05) is 13.2 Å². The van der Waals surface area contributed by atoms with Crippen LogP contribution >= 0.6 is 11.8 Å². The molecule has 0 unspecified atom stereocenters. The summed E-state index contributed by atoms with van der Waals surface area (Å²) in [6, 6.07) is 9.17. The van der Waals surface area contributed by atoms with E-state index in [2.05, 4.69) is 10.5 Å². The van der Waals surface area contributed by atoms with E-state index in [-0.39, 0.29) is 0 Å². The number of aliphatic hydroxyl groups excluding tert-OH is 5. The number of rotatable bonds is 6. The molecule has 0 saturated carbocycles. The van der Waals surface area contributed by atoms with E-state index in [1.165, 1.54) is 0 Å². The Morgan fingerprint density at radius 1 is 1.14 bits per heavy atom. The molecule has 7 nitrogen and oxygen atoms in total. The van der Waals surface area contributed by atoms with Gasteiger partial charge >= 0.3 is 0 Å². The molecule has 0 amide bonds. The molecule has 1 aromatic rings. The molecule has 0 saturated heterocycles. The fourth-order valence-corrected chi connectivity index (χ4v) is 3.06. The van der Waals surface area contributed by atoms with Crippen molar-refractivity contribution in [2.45, 2.75) is 23.2 Å². The Morgan fingerprint density at radius 3 is 2.38 bits per heavy atom. The Kier molecular flexibility index (Phi) is 5.20. The van der Waals surface area contributed by atoms with Gasteiger partial charge in [0.05, 0.1) is 13.2 Å². The molecule has 0 aromatic heterocycles. The summed E-state index contributed by atoms with van der Waals surface area (Å²) in [6.45, 7) is -1.22. The zero-order chi connectivity index (χ0) is 15.5. The normalized spacial score (nSPS) is 25.9. The number of hydrazone groups is 1. The Labute approximate surface area is 125 Å². The Bertz CT molecular complexity index is 501. The molecule has 8 heteroatoms. The van der Waals surface area contributed by atoms with Gasteiger partial charge in [-0.05, 0) is 0 Å². The van der Waals surface area contributed by atoms with Gasteiger partial charge in [-0.3, -0.25) is 5.43 Å². The highest BCUT2D eigenvalue weighted by molar-refractivity contribution is 8.15. The summed E-state index contributed by atoms with van der Waals surface area (Å²) < 4.78 is 0. The van der Waals surface area contributed by atoms with Crippen molar-refractivity contribution in [3.63, 3.8) is 0 Å². The van der Waals surface area contributed by atoms with E-state index >= 15 is 0 Å². The Hall–Kier alpha value is -1.16. The van der Waals surface area contributed by atoms with Gasteiger partial charge in [0.25, 0.3) is 0 Å². The first kappa shape index (κ1) is 16.2. The van der Waals surface area contributed by atoms with Crippen LogP contribution in [0.25, 0.3) is 0 Å². The second kappa shape index (κ2) is 6.73. The third-order valence-electron chi connectivity index (χ3n) is 3.26. The smallest absolute Gasteiger partial charge is 0.157 e. The standard InChI is InChI=1S/C13H18N2O5S/c16-6-9(18)10(19)11(20)13(7-17)15-14-12(21-13)8-4-2-1-3-5-8/h1-5,9-11,15-20H,6-7H2/t9-,10-,11+,13+/m0/s1. The highest BCUT2D eigenvalue weighted by atomic mass is 32.2. The van der Waals surface area contributed by atoms with Gasteiger partial charge in [-0.25, -0.2) is 0 Å². The minimum absolute atomic E-state index is 0.520. The molecule has 6 N–H and O–H groups in total. The summed E-state index contributed by atoms with van der Waals surface area (Å²) in [5.74, 6) is 0. The fraction of sp³-hybridized carbons (Fsp3) is 0.462. The highest BCUT2D eigenvalue weighted by Crippen LogP contribution is 2.36. The van der Waals surface area contributed by atoms with Gasteiger partial charge in [0.2, 0.25) is 0 Å². The van der Waals surface area contributed by atoms with Crippen molar-refractivity contribution in [1.29, 1.82) is 0 Å². The van der Waals surface area contributed by atoms with Crippen LogP contribution in [0.2, 0.25) is 0 Å². The van der Waals surface area contributed by atoms with Crippen LogP contribution in [-0.2, 0) is 0 Å². The number of thioether (sulfide) groups is 1. The predicted molar refractivity (Wildman–Crippen MR) is 78.6 cm³/mol. The van der Waals surface area contributed by atoms with Crippen LogP contribution in [0, 0.1) is 0 Å². The lowest BCUT2D eigenvalue weighted by Crippen LogP contribution is -2.58. The Morgan fingerprint density at radius 2 is 1.81 bits per heavy atom. The van der Waals surface area contributed by atoms with Crippen molar-refractivity contribution in [3.05, 3.63) is 35.9 Å². The quantitative estimate of drug-likeness (QED) is 0.375. The van der Waals surface area contributed by atoms with Crippen LogP contribution in [0.4, 0.5) is 0 Å². The summed E-state index contributed by atoms with van der Waals surface area (Å²) in [5, 5.41) is 52.5. The topological polar surface area (TPSA) is 126 Å². The van der Waals surface area contributed by atoms with Crippen LogP contribution in [0.3, 0.4) is 0 Å². The van der Waals surface area contributed by atoms with Gasteiger partial charge in [-0.2, -0.15) is 5.10 Å². The van der Waals surface area contributed by atoms with E-state index in [1.807, 2.05) is 30.3 Å². The van der Waals surface area contributed by atoms with Crippen molar-refractivity contribution >= 4 is 16.8 Å². The molecule has 0 radical (unpaired) electrons. The lowest BCUT2D eigenvalue weighted by atomic mass is 10.0. The second-order valence-electron chi connectivity index (χ2n) is 4.73. The molecule has 1 aromatic carbocycles. The van der Waals surface area contributed by atoms with Gasteiger partial charge in [-0.1, -0.05) is 42.1 Å². The molecule has 4 atom stereocenters. The Balaban J connectivity index is 2.15. The number of nitrogens with one attached hydrogen (secondary N) is 1. The molecule has 1 aliphatic heterocycles. The van der Waals surface area contributed by atoms with E-state index in [0.29, 0.717) is 5.04 Å².